The molecule has 7 heteroatoms. The molecular formula is C20H20N4O3. The Labute approximate surface area is 157 Å². The normalized spacial score (nSPS) is 10.3. The van der Waals surface area contributed by atoms with Gasteiger partial charge < -0.3 is 15.0 Å². The highest BCUT2D eigenvalue weighted by atomic mass is 16.5. The highest BCUT2D eigenvalue weighted by Crippen LogP contribution is 2.17. The average molecular weight is 364 g/mol. The molecule has 0 unspecified atom stereocenters. The zero-order valence-corrected chi connectivity index (χ0v) is 15.1. The van der Waals surface area contributed by atoms with Crippen LogP contribution >= 0.6 is 0 Å². The number of likely N-dealkylation sites (N-methyl/N-ethyl adjacent to an activating group) is 1. The van der Waals surface area contributed by atoms with Gasteiger partial charge in [0.25, 0.3) is 11.8 Å². The van der Waals surface area contributed by atoms with E-state index >= 15 is 0 Å². The predicted octanol–water partition coefficient (Wildman–Crippen LogP) is 2.59. The Kier molecular flexibility index (Phi) is 5.51. The van der Waals surface area contributed by atoms with Crippen molar-refractivity contribution in [1.82, 2.24) is 14.7 Å². The number of hydrogen-bond donors (Lipinski definition) is 1. The summed E-state index contributed by atoms with van der Waals surface area (Å²) in [5.41, 5.74) is 1.96. The standard InChI is InChI=1S/C20H20N4O3/c1-23(2)19(25)14-27-18-10-8-16(9-11-18)22-20(26)15-12-21-24(13-15)17-6-4-3-5-7-17/h3-13H,14H2,1-2H3,(H,22,26). The number of aromatic nitrogens is 2. The summed E-state index contributed by atoms with van der Waals surface area (Å²) in [7, 11) is 3.34. The monoisotopic (exact) mass is 364 g/mol. The van der Waals surface area contributed by atoms with E-state index in [2.05, 4.69) is 10.4 Å². The molecule has 2 amide bonds. The summed E-state index contributed by atoms with van der Waals surface area (Å²) in [5, 5.41) is 7.03. The first kappa shape index (κ1) is 18.2. The smallest absolute Gasteiger partial charge is 0.259 e. The molecule has 2 aromatic carbocycles. The van der Waals surface area contributed by atoms with Crippen LogP contribution in [0.3, 0.4) is 0 Å². The maximum absolute atomic E-state index is 12.4. The molecule has 27 heavy (non-hydrogen) atoms. The summed E-state index contributed by atoms with van der Waals surface area (Å²) in [6, 6.07) is 16.4. The molecule has 0 saturated carbocycles. The fraction of sp³-hybridized carbons (Fsp3) is 0.150. The lowest BCUT2D eigenvalue weighted by Gasteiger charge is -2.11. The van der Waals surface area contributed by atoms with Crippen molar-refractivity contribution in [1.29, 1.82) is 0 Å². The highest BCUT2D eigenvalue weighted by Gasteiger charge is 2.10. The van der Waals surface area contributed by atoms with E-state index in [0.29, 0.717) is 17.0 Å². The molecule has 1 heterocycles. The lowest BCUT2D eigenvalue weighted by molar-refractivity contribution is -0.130. The first-order chi connectivity index (χ1) is 13.0. The van der Waals surface area contributed by atoms with Gasteiger partial charge in [0, 0.05) is 26.0 Å². The fourth-order valence-corrected chi connectivity index (χ4v) is 2.27. The second kappa shape index (κ2) is 8.18. The number of benzene rings is 2. The summed E-state index contributed by atoms with van der Waals surface area (Å²) >= 11 is 0. The van der Waals surface area contributed by atoms with Crippen LogP contribution in [0.4, 0.5) is 5.69 Å². The van der Waals surface area contributed by atoms with E-state index in [4.69, 9.17) is 4.74 Å². The molecule has 1 N–H and O–H groups in total. The number of para-hydroxylation sites is 1. The first-order valence-corrected chi connectivity index (χ1v) is 8.37. The number of carbonyl (C=O) groups is 2. The number of anilines is 1. The number of hydrogen-bond acceptors (Lipinski definition) is 4. The topological polar surface area (TPSA) is 76.5 Å². The minimum absolute atomic E-state index is 0.0304. The van der Waals surface area contributed by atoms with Gasteiger partial charge in [-0.05, 0) is 36.4 Å². The average Bonchev–Trinajstić information content (AvgIpc) is 3.18. The molecule has 0 aliphatic rings. The van der Waals surface area contributed by atoms with Crippen molar-refractivity contribution in [3.05, 3.63) is 72.6 Å². The molecular weight excluding hydrogens is 344 g/mol. The maximum Gasteiger partial charge on any atom is 0.259 e. The second-order valence-electron chi connectivity index (χ2n) is 6.06. The van der Waals surface area contributed by atoms with E-state index in [0.717, 1.165) is 5.69 Å². The Morgan fingerprint density at radius 2 is 1.78 bits per heavy atom. The minimum atomic E-state index is -0.256. The van der Waals surface area contributed by atoms with Gasteiger partial charge in [0.1, 0.15) is 5.75 Å². The van der Waals surface area contributed by atoms with E-state index in [1.54, 1.807) is 49.2 Å². The van der Waals surface area contributed by atoms with Gasteiger partial charge in [0.05, 0.1) is 17.4 Å². The van der Waals surface area contributed by atoms with Crippen molar-refractivity contribution >= 4 is 17.5 Å². The predicted molar refractivity (Wildman–Crippen MR) is 102 cm³/mol. The molecule has 0 atom stereocenters. The molecule has 7 nitrogen and oxygen atoms in total. The Hall–Kier alpha value is -3.61. The number of rotatable bonds is 6. The Balaban J connectivity index is 1.60. The molecule has 138 valence electrons. The summed E-state index contributed by atoms with van der Waals surface area (Å²) in [4.78, 5) is 25.4. The van der Waals surface area contributed by atoms with Crippen molar-refractivity contribution in [3.8, 4) is 11.4 Å². The molecule has 1 aromatic heterocycles. The third kappa shape index (κ3) is 4.72. The maximum atomic E-state index is 12.4. The Morgan fingerprint density at radius 1 is 1.07 bits per heavy atom. The number of nitrogens with zero attached hydrogens (tertiary/aromatic N) is 3. The third-order valence-electron chi connectivity index (χ3n) is 3.84. The minimum Gasteiger partial charge on any atom is -0.484 e. The molecule has 3 aromatic rings. The molecule has 3 rings (SSSR count). The van der Waals surface area contributed by atoms with Crippen molar-refractivity contribution in [2.45, 2.75) is 0 Å². The summed E-state index contributed by atoms with van der Waals surface area (Å²) in [6.07, 6.45) is 3.20. The van der Waals surface area contributed by atoms with E-state index in [-0.39, 0.29) is 18.4 Å². The second-order valence-corrected chi connectivity index (χ2v) is 6.06. The Morgan fingerprint density at radius 3 is 2.44 bits per heavy atom. The third-order valence-corrected chi connectivity index (χ3v) is 3.84. The molecule has 0 fully saturated rings. The molecule has 0 bridgehead atoms. The van der Waals surface area contributed by atoms with Gasteiger partial charge in [-0.2, -0.15) is 5.10 Å². The summed E-state index contributed by atoms with van der Waals surface area (Å²) < 4.78 is 7.06. The van der Waals surface area contributed by atoms with E-state index in [1.165, 1.54) is 11.1 Å². The number of carbonyl (C=O) groups excluding carboxylic acids is 2. The van der Waals surface area contributed by atoms with E-state index < -0.39 is 0 Å². The molecule has 0 aliphatic heterocycles. The van der Waals surface area contributed by atoms with E-state index in [9.17, 15) is 9.59 Å². The largest absolute Gasteiger partial charge is 0.484 e. The van der Waals surface area contributed by atoms with E-state index in [1.807, 2.05) is 30.3 Å². The van der Waals surface area contributed by atoms with Crippen LogP contribution in [0.25, 0.3) is 5.69 Å². The quantitative estimate of drug-likeness (QED) is 0.729. The summed E-state index contributed by atoms with van der Waals surface area (Å²) in [5.74, 6) is 0.177. The SMILES string of the molecule is CN(C)C(=O)COc1ccc(NC(=O)c2cnn(-c3ccccc3)c2)cc1. The van der Waals surface area contributed by atoms with Gasteiger partial charge in [0.2, 0.25) is 0 Å². The molecule has 0 spiro atoms. The number of amides is 2. The van der Waals surface area contributed by atoms with Crippen molar-refractivity contribution in [2.24, 2.45) is 0 Å². The number of ether oxygens (including phenoxy) is 1. The van der Waals surface area contributed by atoms with Crippen LogP contribution in [0.1, 0.15) is 10.4 Å². The molecule has 0 saturated heterocycles. The van der Waals surface area contributed by atoms with Crippen LogP contribution in [0.2, 0.25) is 0 Å². The summed E-state index contributed by atoms with van der Waals surface area (Å²) in [6.45, 7) is -0.0304. The van der Waals surface area contributed by atoms with Crippen molar-refractivity contribution < 1.29 is 14.3 Å². The van der Waals surface area contributed by atoms with Crippen LogP contribution < -0.4 is 10.1 Å². The van der Waals surface area contributed by atoms with Crippen LogP contribution in [0, 0.1) is 0 Å². The van der Waals surface area contributed by atoms with Gasteiger partial charge in [0.15, 0.2) is 6.61 Å². The molecule has 0 radical (unpaired) electrons. The zero-order valence-electron chi connectivity index (χ0n) is 15.1. The number of nitrogens with one attached hydrogen (secondary N) is 1. The van der Waals surface area contributed by atoms with Crippen molar-refractivity contribution in [3.63, 3.8) is 0 Å². The molecule has 0 aliphatic carbocycles. The lowest BCUT2D eigenvalue weighted by Crippen LogP contribution is -2.27. The fourth-order valence-electron chi connectivity index (χ4n) is 2.27. The first-order valence-electron chi connectivity index (χ1n) is 8.37. The Bertz CT molecular complexity index is 918. The van der Waals surface area contributed by atoms with Crippen LogP contribution in [0.15, 0.2) is 67.0 Å². The van der Waals surface area contributed by atoms with Crippen LogP contribution in [-0.2, 0) is 4.79 Å². The van der Waals surface area contributed by atoms with Gasteiger partial charge >= 0.3 is 0 Å². The zero-order chi connectivity index (χ0) is 19.2. The van der Waals surface area contributed by atoms with Crippen LogP contribution in [-0.4, -0.2) is 47.2 Å². The van der Waals surface area contributed by atoms with Crippen LogP contribution in [0.5, 0.6) is 5.75 Å². The van der Waals surface area contributed by atoms with Gasteiger partial charge in [-0.3, -0.25) is 9.59 Å². The van der Waals surface area contributed by atoms with Crippen molar-refractivity contribution in [2.75, 3.05) is 26.0 Å². The lowest BCUT2D eigenvalue weighted by atomic mass is 10.2. The van der Waals surface area contributed by atoms with Gasteiger partial charge in [-0.15, -0.1) is 0 Å². The van der Waals surface area contributed by atoms with Gasteiger partial charge in [-0.1, -0.05) is 18.2 Å². The highest BCUT2D eigenvalue weighted by molar-refractivity contribution is 6.04. The van der Waals surface area contributed by atoms with Gasteiger partial charge in [-0.25, -0.2) is 4.68 Å².